The first-order valence-corrected chi connectivity index (χ1v) is 13.8. The SMILES string of the molecule is CC(=O)N1CCN(Cc2cccc(-n3ncc4c(=O)n(CC5(O)CCN(C(=O)C6CC6)CC5)cnc43)c2)CC1. The summed E-state index contributed by atoms with van der Waals surface area (Å²) in [5, 5.41) is 16.1. The Morgan fingerprint density at radius 1 is 1.05 bits per heavy atom. The van der Waals surface area contributed by atoms with E-state index in [1.165, 1.54) is 17.1 Å². The Bertz CT molecular complexity index is 1440. The van der Waals surface area contributed by atoms with Gasteiger partial charge in [0.25, 0.3) is 5.56 Å². The molecule has 2 saturated heterocycles. The van der Waals surface area contributed by atoms with Gasteiger partial charge in [0.2, 0.25) is 11.8 Å². The molecule has 0 bridgehead atoms. The fourth-order valence-electron chi connectivity index (χ4n) is 5.72. The van der Waals surface area contributed by atoms with Crippen LogP contribution in [0.2, 0.25) is 0 Å². The molecular formula is C28H35N7O4. The van der Waals surface area contributed by atoms with Crippen molar-refractivity contribution in [3.05, 3.63) is 52.7 Å². The summed E-state index contributed by atoms with van der Waals surface area (Å²) in [5.41, 5.74) is 1.12. The zero-order valence-corrected chi connectivity index (χ0v) is 22.3. The molecule has 0 spiro atoms. The van der Waals surface area contributed by atoms with Gasteiger partial charge in [-0.25, -0.2) is 9.67 Å². The Hall–Kier alpha value is -3.57. The van der Waals surface area contributed by atoms with Gasteiger partial charge in [-0.3, -0.25) is 23.9 Å². The number of hydrogen-bond donors (Lipinski definition) is 1. The summed E-state index contributed by atoms with van der Waals surface area (Å²) in [6, 6.07) is 8.03. The minimum absolute atomic E-state index is 0.119. The number of rotatable bonds is 6. The van der Waals surface area contributed by atoms with E-state index in [-0.39, 0.29) is 29.8 Å². The minimum Gasteiger partial charge on any atom is -0.388 e. The third-order valence-electron chi connectivity index (χ3n) is 8.33. The average Bonchev–Trinajstić information content (AvgIpc) is 3.69. The van der Waals surface area contributed by atoms with Crippen molar-refractivity contribution in [2.75, 3.05) is 39.3 Å². The molecule has 2 aliphatic heterocycles. The molecule has 3 fully saturated rings. The van der Waals surface area contributed by atoms with E-state index in [1.54, 1.807) is 11.6 Å². The van der Waals surface area contributed by atoms with Crippen LogP contribution in [0.1, 0.15) is 38.2 Å². The quantitative estimate of drug-likeness (QED) is 0.503. The largest absolute Gasteiger partial charge is 0.388 e. The molecule has 11 nitrogen and oxygen atoms in total. The van der Waals surface area contributed by atoms with Crippen LogP contribution in [0, 0.1) is 5.92 Å². The van der Waals surface area contributed by atoms with E-state index in [4.69, 9.17) is 0 Å². The second-order valence-corrected chi connectivity index (χ2v) is 11.2. The highest BCUT2D eigenvalue weighted by molar-refractivity contribution is 5.81. The van der Waals surface area contributed by atoms with Gasteiger partial charge in [0, 0.05) is 58.7 Å². The monoisotopic (exact) mass is 533 g/mol. The molecule has 2 aromatic heterocycles. The summed E-state index contributed by atoms with van der Waals surface area (Å²) >= 11 is 0. The predicted octanol–water partition coefficient (Wildman–Crippen LogP) is 1.01. The van der Waals surface area contributed by atoms with Crippen molar-refractivity contribution in [3.8, 4) is 5.69 Å². The number of piperazine rings is 1. The third kappa shape index (κ3) is 5.33. The number of piperidine rings is 1. The summed E-state index contributed by atoms with van der Waals surface area (Å²) in [7, 11) is 0. The maximum absolute atomic E-state index is 13.3. The van der Waals surface area contributed by atoms with Gasteiger partial charge in [-0.15, -0.1) is 0 Å². The topological polar surface area (TPSA) is 117 Å². The molecule has 1 N–H and O–H groups in total. The van der Waals surface area contributed by atoms with Gasteiger partial charge in [-0.2, -0.15) is 5.10 Å². The van der Waals surface area contributed by atoms with Crippen LogP contribution in [0.5, 0.6) is 0 Å². The molecule has 0 unspecified atom stereocenters. The maximum Gasteiger partial charge on any atom is 0.264 e. The number of hydrogen-bond acceptors (Lipinski definition) is 7. The smallest absolute Gasteiger partial charge is 0.264 e. The van der Waals surface area contributed by atoms with E-state index in [0.29, 0.717) is 37.0 Å². The number of fused-ring (bicyclic) bond motifs is 1. The van der Waals surface area contributed by atoms with Crippen LogP contribution in [0.3, 0.4) is 0 Å². The Morgan fingerprint density at radius 3 is 2.49 bits per heavy atom. The van der Waals surface area contributed by atoms with Crippen molar-refractivity contribution in [2.45, 2.75) is 51.3 Å². The third-order valence-corrected chi connectivity index (χ3v) is 8.33. The molecule has 3 aromatic rings. The molecule has 6 rings (SSSR count). The highest BCUT2D eigenvalue weighted by Gasteiger charge is 2.39. The summed E-state index contributed by atoms with van der Waals surface area (Å²) < 4.78 is 3.14. The lowest BCUT2D eigenvalue weighted by atomic mass is 9.91. The van der Waals surface area contributed by atoms with Crippen molar-refractivity contribution in [1.82, 2.24) is 34.0 Å². The number of nitrogens with zero attached hydrogens (tertiary/aromatic N) is 7. The number of aromatic nitrogens is 4. The van der Waals surface area contributed by atoms with Crippen molar-refractivity contribution in [2.24, 2.45) is 5.92 Å². The van der Waals surface area contributed by atoms with E-state index in [9.17, 15) is 19.5 Å². The van der Waals surface area contributed by atoms with Gasteiger partial charge < -0.3 is 14.9 Å². The van der Waals surface area contributed by atoms with Crippen LogP contribution in [-0.2, 0) is 22.7 Å². The van der Waals surface area contributed by atoms with Crippen molar-refractivity contribution < 1.29 is 14.7 Å². The number of benzene rings is 1. The number of carbonyl (C=O) groups is 2. The van der Waals surface area contributed by atoms with Gasteiger partial charge in [0.05, 0.1) is 24.0 Å². The lowest BCUT2D eigenvalue weighted by Crippen LogP contribution is -2.50. The fraction of sp³-hybridized carbons (Fsp3) is 0.536. The van der Waals surface area contributed by atoms with Crippen molar-refractivity contribution >= 4 is 22.8 Å². The molecule has 11 heteroatoms. The summed E-state index contributed by atoms with van der Waals surface area (Å²) in [6.07, 6.45) is 5.84. The fourth-order valence-corrected chi connectivity index (χ4v) is 5.72. The van der Waals surface area contributed by atoms with E-state index < -0.39 is 5.60 Å². The Balaban J connectivity index is 1.15. The minimum atomic E-state index is -1.06. The Kier molecular flexibility index (Phi) is 6.72. The second kappa shape index (κ2) is 10.2. The van der Waals surface area contributed by atoms with Gasteiger partial charge in [0.1, 0.15) is 11.7 Å². The number of carbonyl (C=O) groups excluding carboxylic acids is 2. The van der Waals surface area contributed by atoms with E-state index in [2.05, 4.69) is 27.1 Å². The molecular weight excluding hydrogens is 498 g/mol. The highest BCUT2D eigenvalue weighted by atomic mass is 16.3. The van der Waals surface area contributed by atoms with Gasteiger partial charge in [0.15, 0.2) is 5.65 Å². The van der Waals surface area contributed by atoms with Crippen molar-refractivity contribution in [3.63, 3.8) is 0 Å². The maximum atomic E-state index is 13.3. The number of amides is 2. The molecule has 0 radical (unpaired) electrons. The predicted molar refractivity (Wildman–Crippen MR) is 144 cm³/mol. The van der Waals surface area contributed by atoms with E-state index in [1.807, 2.05) is 21.9 Å². The molecule has 3 aliphatic rings. The number of aliphatic hydroxyl groups is 1. The summed E-state index contributed by atoms with van der Waals surface area (Å²) in [4.78, 5) is 47.9. The summed E-state index contributed by atoms with van der Waals surface area (Å²) in [6.45, 7) is 6.67. The van der Waals surface area contributed by atoms with Crippen LogP contribution >= 0.6 is 0 Å². The molecule has 1 aromatic carbocycles. The normalized spacial score (nSPS) is 19.9. The molecule has 4 heterocycles. The van der Waals surface area contributed by atoms with Crippen LogP contribution in [-0.4, -0.2) is 95.8 Å². The first-order chi connectivity index (χ1) is 18.8. The highest BCUT2D eigenvalue weighted by Crippen LogP contribution is 2.33. The second-order valence-electron chi connectivity index (χ2n) is 11.2. The standard InChI is InChI=1S/C28H35N7O4/c1-20(36)32-13-11-31(12-14-32)17-21-3-2-4-23(15-21)35-25-24(16-30-35)27(38)34(19-29-25)18-28(39)7-9-33(10-8-28)26(37)22-5-6-22/h2-4,15-16,19,22,39H,5-14,17-18H2,1H3. The van der Waals surface area contributed by atoms with Gasteiger partial charge in [-0.1, -0.05) is 12.1 Å². The lowest BCUT2D eigenvalue weighted by molar-refractivity contribution is -0.137. The van der Waals surface area contributed by atoms with Crippen LogP contribution in [0.4, 0.5) is 0 Å². The van der Waals surface area contributed by atoms with Crippen LogP contribution < -0.4 is 5.56 Å². The first-order valence-electron chi connectivity index (χ1n) is 13.8. The zero-order valence-electron chi connectivity index (χ0n) is 22.3. The molecule has 1 saturated carbocycles. The van der Waals surface area contributed by atoms with Gasteiger partial charge >= 0.3 is 0 Å². The molecule has 0 atom stereocenters. The Labute approximate surface area is 226 Å². The first kappa shape index (κ1) is 25.7. The molecule has 1 aliphatic carbocycles. The number of likely N-dealkylation sites (tertiary alicyclic amines) is 1. The Morgan fingerprint density at radius 2 is 1.79 bits per heavy atom. The van der Waals surface area contributed by atoms with Crippen LogP contribution in [0.25, 0.3) is 16.7 Å². The van der Waals surface area contributed by atoms with Crippen LogP contribution in [0.15, 0.2) is 41.6 Å². The molecule has 206 valence electrons. The lowest BCUT2D eigenvalue weighted by Gasteiger charge is -2.38. The average molecular weight is 534 g/mol. The van der Waals surface area contributed by atoms with Gasteiger partial charge in [-0.05, 0) is 43.4 Å². The van der Waals surface area contributed by atoms with E-state index in [0.717, 1.165) is 56.8 Å². The molecule has 2 amide bonds. The molecule has 39 heavy (non-hydrogen) atoms. The van der Waals surface area contributed by atoms with E-state index >= 15 is 0 Å². The summed E-state index contributed by atoms with van der Waals surface area (Å²) in [5.74, 6) is 0.490. The van der Waals surface area contributed by atoms with Crippen molar-refractivity contribution in [1.29, 1.82) is 0 Å². The zero-order chi connectivity index (χ0) is 27.1.